The third-order valence-electron chi connectivity index (χ3n) is 3.98. The van der Waals surface area contributed by atoms with Crippen molar-refractivity contribution in [1.29, 1.82) is 0 Å². The third kappa shape index (κ3) is 3.47. The van der Waals surface area contributed by atoms with Gasteiger partial charge in [0.05, 0.1) is 34.6 Å². The maximum atomic E-state index is 12.4. The molecule has 1 atom stereocenters. The number of aliphatic carboxylic acids is 1. The number of carboxylic acids is 1. The molecule has 28 heavy (non-hydrogen) atoms. The van der Waals surface area contributed by atoms with E-state index in [2.05, 4.69) is 9.97 Å². The number of nitro groups is 1. The lowest BCUT2D eigenvalue weighted by Gasteiger charge is -2.17. The van der Waals surface area contributed by atoms with Crippen LogP contribution in [0.4, 0.5) is 5.69 Å². The van der Waals surface area contributed by atoms with Gasteiger partial charge in [-0.25, -0.2) is 9.78 Å². The van der Waals surface area contributed by atoms with Crippen LogP contribution in [0.5, 0.6) is 11.5 Å². The van der Waals surface area contributed by atoms with Crippen LogP contribution >= 0.6 is 0 Å². The molecule has 2 N–H and O–H groups in total. The Kier molecular flexibility index (Phi) is 4.94. The molecule has 10 heteroatoms. The number of H-pyrrole nitrogens is 1. The van der Waals surface area contributed by atoms with Gasteiger partial charge >= 0.3 is 5.97 Å². The lowest BCUT2D eigenvalue weighted by Crippen LogP contribution is -2.23. The van der Waals surface area contributed by atoms with Crippen molar-refractivity contribution in [3.8, 4) is 22.9 Å². The average molecular weight is 385 g/mol. The van der Waals surface area contributed by atoms with Crippen molar-refractivity contribution in [1.82, 2.24) is 9.97 Å². The number of benzene rings is 2. The molecule has 10 nitrogen and oxygen atoms in total. The molecule has 2 aromatic carbocycles. The number of non-ortho nitro benzene ring substituents is 1. The Hall–Kier alpha value is -3.95. The molecule has 0 saturated heterocycles. The van der Waals surface area contributed by atoms with Crippen molar-refractivity contribution in [3.05, 3.63) is 56.9 Å². The van der Waals surface area contributed by atoms with Crippen molar-refractivity contribution in [3.63, 3.8) is 0 Å². The van der Waals surface area contributed by atoms with Gasteiger partial charge in [-0.2, -0.15) is 0 Å². The maximum absolute atomic E-state index is 12.4. The molecule has 0 aliphatic heterocycles. The Morgan fingerprint density at radius 3 is 2.68 bits per heavy atom. The second-order valence-corrected chi connectivity index (χ2v) is 5.81. The van der Waals surface area contributed by atoms with Crippen molar-refractivity contribution in [2.75, 3.05) is 7.11 Å². The number of aromatic amines is 1. The standard InChI is InChI=1S/C18H15N3O7/c1-9(18(23)24)28-15-12(7-10(21(25)26)8-14(15)27-2)16-19-13-6-4-3-5-11(13)17(22)20-16/h3-9H,1-2H3,(H,23,24)(H,19,20,22). The van der Waals surface area contributed by atoms with Gasteiger partial charge in [0.15, 0.2) is 17.6 Å². The number of nitrogens with zero attached hydrogens (tertiary/aromatic N) is 2. The van der Waals surface area contributed by atoms with E-state index < -0.39 is 22.6 Å². The van der Waals surface area contributed by atoms with Crippen LogP contribution in [0, 0.1) is 10.1 Å². The van der Waals surface area contributed by atoms with Gasteiger partial charge in [0.2, 0.25) is 0 Å². The summed E-state index contributed by atoms with van der Waals surface area (Å²) in [5.74, 6) is -1.40. The molecule has 1 aromatic heterocycles. The Balaban J connectivity index is 2.31. The van der Waals surface area contributed by atoms with E-state index in [1.807, 2.05) is 0 Å². The van der Waals surface area contributed by atoms with Gasteiger partial charge in [-0.1, -0.05) is 12.1 Å². The van der Waals surface area contributed by atoms with E-state index in [0.717, 1.165) is 12.1 Å². The minimum atomic E-state index is -1.28. The summed E-state index contributed by atoms with van der Waals surface area (Å²) in [6.07, 6.45) is -1.28. The quantitative estimate of drug-likeness (QED) is 0.486. The summed E-state index contributed by atoms with van der Waals surface area (Å²) in [5.41, 5.74) is -0.396. The fourth-order valence-electron chi connectivity index (χ4n) is 2.58. The molecule has 144 valence electrons. The number of fused-ring (bicyclic) bond motifs is 1. The number of carboxylic acid groups (broad SMARTS) is 1. The Bertz CT molecular complexity index is 1140. The van der Waals surface area contributed by atoms with Crippen LogP contribution in [0.25, 0.3) is 22.3 Å². The first-order valence-electron chi connectivity index (χ1n) is 8.07. The second kappa shape index (κ2) is 7.35. The summed E-state index contributed by atoms with van der Waals surface area (Å²) < 4.78 is 10.6. The number of methoxy groups -OCH3 is 1. The molecule has 0 amide bonds. The number of carbonyl (C=O) groups is 1. The zero-order chi connectivity index (χ0) is 20.4. The Morgan fingerprint density at radius 2 is 2.04 bits per heavy atom. The number of hydrogen-bond donors (Lipinski definition) is 2. The largest absolute Gasteiger partial charge is 0.493 e. The summed E-state index contributed by atoms with van der Waals surface area (Å²) in [6.45, 7) is 1.30. The maximum Gasteiger partial charge on any atom is 0.344 e. The van der Waals surface area contributed by atoms with Crippen LogP contribution in [-0.2, 0) is 4.79 Å². The van der Waals surface area contributed by atoms with E-state index in [9.17, 15) is 19.7 Å². The minimum Gasteiger partial charge on any atom is -0.493 e. The van der Waals surface area contributed by atoms with Gasteiger partial charge in [0.25, 0.3) is 11.2 Å². The topological polar surface area (TPSA) is 145 Å². The van der Waals surface area contributed by atoms with Gasteiger partial charge < -0.3 is 19.6 Å². The number of rotatable bonds is 6. The third-order valence-corrected chi connectivity index (χ3v) is 3.98. The molecule has 0 saturated carbocycles. The summed E-state index contributed by atoms with van der Waals surface area (Å²) >= 11 is 0. The summed E-state index contributed by atoms with van der Waals surface area (Å²) in [5, 5.41) is 20.8. The minimum absolute atomic E-state index is 0.0155. The monoisotopic (exact) mass is 385 g/mol. The highest BCUT2D eigenvalue weighted by molar-refractivity contribution is 5.82. The summed E-state index contributed by atoms with van der Waals surface area (Å²) in [7, 11) is 1.26. The van der Waals surface area contributed by atoms with E-state index >= 15 is 0 Å². The average Bonchev–Trinajstić information content (AvgIpc) is 2.67. The first kappa shape index (κ1) is 18.8. The number of para-hydroxylation sites is 1. The normalized spacial score (nSPS) is 11.8. The van der Waals surface area contributed by atoms with E-state index in [1.54, 1.807) is 24.3 Å². The van der Waals surface area contributed by atoms with Gasteiger partial charge in [0, 0.05) is 6.07 Å². The van der Waals surface area contributed by atoms with Crippen molar-refractivity contribution in [2.24, 2.45) is 0 Å². The van der Waals surface area contributed by atoms with E-state index in [0.29, 0.717) is 10.9 Å². The molecule has 3 rings (SSSR count). The zero-order valence-electron chi connectivity index (χ0n) is 14.8. The van der Waals surface area contributed by atoms with Crippen molar-refractivity contribution >= 4 is 22.6 Å². The Morgan fingerprint density at radius 1 is 1.32 bits per heavy atom. The first-order valence-corrected chi connectivity index (χ1v) is 8.07. The fraction of sp³-hybridized carbons (Fsp3) is 0.167. The first-order chi connectivity index (χ1) is 13.3. The van der Waals surface area contributed by atoms with Crippen LogP contribution in [0.2, 0.25) is 0 Å². The molecule has 0 bridgehead atoms. The molecule has 3 aromatic rings. The summed E-state index contributed by atoms with van der Waals surface area (Å²) in [4.78, 5) is 41.1. The van der Waals surface area contributed by atoms with Crippen LogP contribution in [0.15, 0.2) is 41.2 Å². The van der Waals surface area contributed by atoms with Crippen molar-refractivity contribution < 1.29 is 24.3 Å². The number of nitrogens with one attached hydrogen (secondary N) is 1. The number of hydrogen-bond acceptors (Lipinski definition) is 7. The molecule has 0 aliphatic carbocycles. The number of aromatic nitrogens is 2. The molecular formula is C18H15N3O7. The zero-order valence-corrected chi connectivity index (χ0v) is 14.8. The van der Waals surface area contributed by atoms with Crippen LogP contribution < -0.4 is 15.0 Å². The predicted molar refractivity (Wildman–Crippen MR) is 98.7 cm³/mol. The van der Waals surface area contributed by atoms with E-state index in [4.69, 9.17) is 14.6 Å². The molecule has 0 aliphatic rings. The highest BCUT2D eigenvalue weighted by atomic mass is 16.6. The van der Waals surface area contributed by atoms with Crippen LogP contribution in [-0.4, -0.2) is 39.2 Å². The fourth-order valence-corrected chi connectivity index (χ4v) is 2.58. The molecular weight excluding hydrogens is 370 g/mol. The predicted octanol–water partition coefficient (Wildman–Crippen LogP) is 2.36. The molecule has 0 spiro atoms. The van der Waals surface area contributed by atoms with E-state index in [-0.39, 0.29) is 28.6 Å². The SMILES string of the molecule is COc1cc([N+](=O)[O-])cc(-c2nc3ccccc3c(=O)[nH]2)c1OC(C)C(=O)O. The summed E-state index contributed by atoms with van der Waals surface area (Å²) in [6, 6.07) is 8.81. The highest BCUT2D eigenvalue weighted by Crippen LogP contribution is 2.41. The lowest BCUT2D eigenvalue weighted by atomic mass is 10.1. The molecule has 0 fully saturated rings. The van der Waals surface area contributed by atoms with Crippen LogP contribution in [0.1, 0.15) is 6.92 Å². The van der Waals surface area contributed by atoms with E-state index in [1.165, 1.54) is 14.0 Å². The number of ether oxygens (including phenoxy) is 2. The lowest BCUT2D eigenvalue weighted by molar-refractivity contribution is -0.384. The van der Waals surface area contributed by atoms with Gasteiger partial charge in [-0.05, 0) is 19.1 Å². The molecule has 1 unspecified atom stereocenters. The van der Waals surface area contributed by atoms with Gasteiger partial charge in [-0.15, -0.1) is 0 Å². The number of nitro benzene ring substituents is 1. The molecule has 0 radical (unpaired) electrons. The van der Waals surface area contributed by atoms with Gasteiger partial charge in [0.1, 0.15) is 5.82 Å². The second-order valence-electron chi connectivity index (χ2n) is 5.81. The molecule has 1 heterocycles. The van der Waals surface area contributed by atoms with Crippen molar-refractivity contribution in [2.45, 2.75) is 13.0 Å². The van der Waals surface area contributed by atoms with Crippen LogP contribution in [0.3, 0.4) is 0 Å². The Labute approximate surface area is 157 Å². The van der Waals surface area contributed by atoms with Gasteiger partial charge in [-0.3, -0.25) is 14.9 Å². The highest BCUT2D eigenvalue weighted by Gasteiger charge is 2.25. The smallest absolute Gasteiger partial charge is 0.344 e.